The molecule has 0 atom stereocenters. The van der Waals surface area contributed by atoms with Crippen LogP contribution in [0.4, 0.5) is 17.1 Å². The number of hydrogen-bond donors (Lipinski definition) is 0. The molecule has 8 aromatic carbocycles. The van der Waals surface area contributed by atoms with E-state index in [2.05, 4.69) is 188 Å². The van der Waals surface area contributed by atoms with Gasteiger partial charge in [0.05, 0.1) is 27.0 Å². The van der Waals surface area contributed by atoms with Crippen LogP contribution in [0.1, 0.15) is 26.3 Å². The van der Waals surface area contributed by atoms with Gasteiger partial charge in [-0.2, -0.15) is 0 Å². The maximum Gasteiger partial charge on any atom is 0.333 e. The quantitative estimate of drug-likeness (QED) is 0.164. The van der Waals surface area contributed by atoms with Crippen molar-refractivity contribution >= 4 is 121 Å². The Morgan fingerprint density at radius 2 is 1.18 bits per heavy atom. The molecule has 0 bridgehead atoms. The summed E-state index contributed by atoms with van der Waals surface area (Å²) in [7, 11) is 0. The van der Waals surface area contributed by atoms with Crippen molar-refractivity contribution in [2.24, 2.45) is 0 Å². The molecule has 2 aliphatic heterocycles. The van der Waals surface area contributed by atoms with Gasteiger partial charge in [-0.3, -0.25) is 0 Å². The van der Waals surface area contributed by atoms with E-state index in [-0.39, 0.29) is 12.3 Å². The zero-order valence-electron chi connectivity index (χ0n) is 33.2. The molecule has 0 radical (unpaired) electrons. The molecule has 0 saturated heterocycles. The lowest BCUT2D eigenvalue weighted by atomic mass is 9.44. The summed E-state index contributed by atoms with van der Waals surface area (Å²) in [6, 6.07) is 57.9. The summed E-state index contributed by atoms with van der Waals surface area (Å²) >= 11 is 1.90. The molecule has 0 saturated carbocycles. The van der Waals surface area contributed by atoms with Gasteiger partial charge in [0, 0.05) is 54.0 Å². The second kappa shape index (κ2) is 11.4. The molecule has 60 heavy (non-hydrogen) atoms. The van der Waals surface area contributed by atoms with Gasteiger partial charge < -0.3 is 18.2 Å². The average Bonchev–Trinajstić information content (AvgIpc) is 4.04. The molecule has 6 heterocycles. The van der Waals surface area contributed by atoms with Gasteiger partial charge in [-0.1, -0.05) is 130 Å². The summed E-state index contributed by atoms with van der Waals surface area (Å²) in [4.78, 5) is 2.59. The first-order chi connectivity index (χ1) is 29.4. The molecule has 6 heteroatoms. The lowest BCUT2D eigenvalue weighted by Crippen LogP contribution is -2.57. The maximum absolute atomic E-state index is 6.93. The zero-order chi connectivity index (χ0) is 39.6. The SMILES string of the molecule is CC(C)(C)c1ccc(N2c3ccc4oc5ccccc5c4c3B3c4c(cc5oc6ccccc6c5c42)-c2cccc4c5sc6ccccc6c5n3c24)c(-c2ccccc2)c1. The van der Waals surface area contributed by atoms with Crippen LogP contribution in [0, 0.1) is 0 Å². The van der Waals surface area contributed by atoms with E-state index in [0.29, 0.717) is 0 Å². The van der Waals surface area contributed by atoms with E-state index in [4.69, 9.17) is 8.83 Å². The van der Waals surface area contributed by atoms with E-state index < -0.39 is 0 Å². The third kappa shape index (κ3) is 4.11. The molecule has 0 fully saturated rings. The van der Waals surface area contributed by atoms with E-state index >= 15 is 0 Å². The van der Waals surface area contributed by atoms with Crippen LogP contribution in [0.25, 0.3) is 97.3 Å². The van der Waals surface area contributed by atoms with Gasteiger partial charge in [0.2, 0.25) is 0 Å². The number of para-hydroxylation sites is 3. The summed E-state index contributed by atoms with van der Waals surface area (Å²) in [5.74, 6) is 0. The molecule has 4 aromatic heterocycles. The first-order valence-electron chi connectivity index (χ1n) is 20.8. The molecule has 4 nitrogen and oxygen atoms in total. The van der Waals surface area contributed by atoms with Gasteiger partial charge in [0.1, 0.15) is 22.3 Å². The van der Waals surface area contributed by atoms with Gasteiger partial charge in [-0.15, -0.1) is 11.3 Å². The van der Waals surface area contributed by atoms with Crippen LogP contribution in [-0.2, 0) is 5.41 Å². The minimum absolute atomic E-state index is 0.0487. The van der Waals surface area contributed by atoms with Crippen molar-refractivity contribution in [1.82, 2.24) is 4.48 Å². The van der Waals surface area contributed by atoms with Crippen molar-refractivity contribution in [3.05, 3.63) is 163 Å². The zero-order valence-corrected chi connectivity index (χ0v) is 34.0. The number of thiophene rings is 1. The summed E-state index contributed by atoms with van der Waals surface area (Å²) in [5.41, 5.74) is 18.2. The highest BCUT2D eigenvalue weighted by molar-refractivity contribution is 7.27. The highest BCUT2D eigenvalue weighted by Gasteiger charge is 2.46. The molecule has 14 rings (SSSR count). The minimum Gasteiger partial charge on any atom is -0.456 e. The number of fused-ring (bicyclic) bond motifs is 17. The Balaban J connectivity index is 1.24. The third-order valence-electron chi connectivity index (χ3n) is 13.3. The third-order valence-corrected chi connectivity index (χ3v) is 14.5. The topological polar surface area (TPSA) is 34.5 Å². The van der Waals surface area contributed by atoms with Crippen LogP contribution < -0.4 is 15.8 Å². The van der Waals surface area contributed by atoms with Crippen molar-refractivity contribution in [3.8, 4) is 22.3 Å². The number of rotatable bonds is 2. The monoisotopic (exact) mass is 786 g/mol. The van der Waals surface area contributed by atoms with Gasteiger partial charge in [-0.25, -0.2) is 0 Å². The van der Waals surface area contributed by atoms with Crippen molar-refractivity contribution in [1.29, 1.82) is 0 Å². The largest absolute Gasteiger partial charge is 0.456 e. The van der Waals surface area contributed by atoms with E-state index in [9.17, 15) is 0 Å². The highest BCUT2D eigenvalue weighted by atomic mass is 32.1. The number of aromatic nitrogens is 1. The second-order valence-electron chi connectivity index (χ2n) is 17.6. The number of nitrogens with zero attached hydrogens (tertiary/aromatic N) is 2. The maximum atomic E-state index is 6.93. The Kier molecular flexibility index (Phi) is 6.24. The highest BCUT2D eigenvalue weighted by Crippen LogP contribution is 2.54. The smallest absolute Gasteiger partial charge is 0.333 e. The van der Waals surface area contributed by atoms with Crippen LogP contribution in [-0.4, -0.2) is 11.3 Å². The van der Waals surface area contributed by atoms with Crippen LogP contribution in [0.2, 0.25) is 0 Å². The summed E-state index contributed by atoms with van der Waals surface area (Å²) in [6.07, 6.45) is 0. The molecule has 12 aromatic rings. The molecule has 0 aliphatic carbocycles. The molecular formula is C54H35BN2O2S. The number of furan rings is 2. The summed E-state index contributed by atoms with van der Waals surface area (Å²) in [5, 5.41) is 7.11. The summed E-state index contributed by atoms with van der Waals surface area (Å²) < 4.78 is 19.0. The van der Waals surface area contributed by atoms with E-state index in [1.807, 2.05) is 11.3 Å². The van der Waals surface area contributed by atoms with Gasteiger partial charge in [-0.05, 0) is 81.6 Å². The number of anilines is 3. The minimum atomic E-state index is -0.175. The average molecular weight is 787 g/mol. The molecule has 0 amide bonds. The Hall–Kier alpha value is -7.02. The van der Waals surface area contributed by atoms with Crippen molar-refractivity contribution < 1.29 is 8.83 Å². The van der Waals surface area contributed by atoms with Crippen LogP contribution in [0.5, 0.6) is 0 Å². The van der Waals surface area contributed by atoms with Gasteiger partial charge in [0.25, 0.3) is 0 Å². The van der Waals surface area contributed by atoms with E-state index in [0.717, 1.165) is 55.3 Å². The molecule has 0 unspecified atom stereocenters. The molecule has 0 N–H and O–H groups in total. The van der Waals surface area contributed by atoms with Crippen molar-refractivity contribution in [2.45, 2.75) is 26.2 Å². The molecular weight excluding hydrogens is 751 g/mol. The van der Waals surface area contributed by atoms with Crippen LogP contribution in [0.15, 0.2) is 167 Å². The van der Waals surface area contributed by atoms with Gasteiger partial charge >= 0.3 is 6.85 Å². The van der Waals surface area contributed by atoms with E-state index in [1.165, 1.54) is 75.6 Å². The fraction of sp³-hybridized carbons (Fsp3) is 0.0741. The lowest BCUT2D eigenvalue weighted by molar-refractivity contribution is 0.590. The number of hydrogen-bond acceptors (Lipinski definition) is 4. The Morgan fingerprint density at radius 3 is 1.98 bits per heavy atom. The lowest BCUT2D eigenvalue weighted by Gasteiger charge is -2.42. The first-order valence-corrected chi connectivity index (χ1v) is 21.6. The Labute approximate surface area is 349 Å². The second-order valence-corrected chi connectivity index (χ2v) is 18.6. The fourth-order valence-electron chi connectivity index (χ4n) is 10.8. The normalized spacial score (nSPS) is 13.5. The van der Waals surface area contributed by atoms with Crippen LogP contribution in [0.3, 0.4) is 0 Å². The van der Waals surface area contributed by atoms with Crippen molar-refractivity contribution in [2.75, 3.05) is 4.90 Å². The summed E-state index contributed by atoms with van der Waals surface area (Å²) in [6.45, 7) is 6.73. The van der Waals surface area contributed by atoms with E-state index in [1.54, 1.807) is 0 Å². The Bertz CT molecular complexity index is 3840. The predicted molar refractivity (Wildman–Crippen MR) is 254 cm³/mol. The molecule has 0 spiro atoms. The molecule has 2 aliphatic rings. The molecule has 282 valence electrons. The van der Waals surface area contributed by atoms with Crippen LogP contribution >= 0.6 is 11.3 Å². The van der Waals surface area contributed by atoms with Crippen molar-refractivity contribution in [3.63, 3.8) is 0 Å². The van der Waals surface area contributed by atoms with Gasteiger partial charge in [0.15, 0.2) is 0 Å². The number of benzene rings is 8. The standard InChI is InChI=1S/C54H35BN2O2S/c1-54(2,3)31-24-25-39(37(28-31)30-14-5-4-6-15-30)56-40-26-27-43-46(33-16-7-10-21-41(33)58-43)49(40)55-48-38(29-44-47(52(48)56)34-17-8-11-22-42(34)59-44)32-19-13-20-36-50(32)57(55)51-35-18-9-12-23-45(35)60-53(36)51/h4-29H,1-3H3. The Morgan fingerprint density at radius 1 is 0.500 bits per heavy atom. The fourth-order valence-corrected chi connectivity index (χ4v) is 12.0. The first kappa shape index (κ1) is 32.9. The predicted octanol–water partition coefficient (Wildman–Crippen LogP) is 14.2.